The number of fused-ring (bicyclic) bond motifs is 1. The van der Waals surface area contributed by atoms with Gasteiger partial charge in [0.2, 0.25) is 0 Å². The third kappa shape index (κ3) is 3.55. The average Bonchev–Trinajstić information content (AvgIpc) is 2.43. The van der Waals surface area contributed by atoms with Gasteiger partial charge in [0, 0.05) is 0 Å². The summed E-state index contributed by atoms with van der Waals surface area (Å²) in [5.41, 5.74) is 7.40. The molecule has 2 aromatic rings. The lowest BCUT2D eigenvalue weighted by Gasteiger charge is -2.18. The third-order valence-electron chi connectivity index (χ3n) is 3.71. The minimum atomic E-state index is 0.464. The maximum Gasteiger partial charge on any atom is -0.000801 e. The molecule has 0 amide bonds. The summed E-state index contributed by atoms with van der Waals surface area (Å²) in [5.74, 6) is 0.464. The minimum absolute atomic E-state index is 0.464. The Labute approximate surface area is 116 Å². The first-order chi connectivity index (χ1) is 9.22. The Morgan fingerprint density at radius 2 is 1.79 bits per heavy atom. The zero-order chi connectivity index (χ0) is 13.7. The minimum Gasteiger partial charge on any atom is -0.330 e. The van der Waals surface area contributed by atoms with E-state index in [-0.39, 0.29) is 0 Å². The fourth-order valence-corrected chi connectivity index (χ4v) is 2.66. The van der Waals surface area contributed by atoms with Crippen LogP contribution in [0.15, 0.2) is 42.5 Å². The van der Waals surface area contributed by atoms with Crippen molar-refractivity contribution in [1.29, 1.82) is 0 Å². The Bertz CT molecular complexity index is 514. The predicted octanol–water partition coefficient (Wildman–Crippen LogP) is 3.22. The molecule has 0 unspecified atom stereocenters. The van der Waals surface area contributed by atoms with Crippen molar-refractivity contribution >= 4 is 10.8 Å². The Morgan fingerprint density at radius 1 is 1.05 bits per heavy atom. The van der Waals surface area contributed by atoms with E-state index in [4.69, 9.17) is 5.73 Å². The second-order valence-electron chi connectivity index (χ2n) is 5.45. The van der Waals surface area contributed by atoms with E-state index in [2.05, 4.69) is 61.5 Å². The molecule has 1 atom stereocenters. The molecule has 0 fully saturated rings. The summed E-state index contributed by atoms with van der Waals surface area (Å²) in [7, 11) is 4.24. The highest BCUT2D eigenvalue weighted by molar-refractivity contribution is 5.86. The number of benzene rings is 2. The van der Waals surface area contributed by atoms with Crippen LogP contribution in [0.1, 0.15) is 24.3 Å². The molecule has 0 aliphatic rings. The third-order valence-corrected chi connectivity index (χ3v) is 3.71. The quantitative estimate of drug-likeness (QED) is 0.860. The van der Waals surface area contributed by atoms with E-state index in [1.807, 2.05) is 0 Å². The molecule has 2 nitrogen and oxygen atoms in total. The molecule has 0 radical (unpaired) electrons. The van der Waals surface area contributed by atoms with Gasteiger partial charge < -0.3 is 10.6 Å². The highest BCUT2D eigenvalue weighted by Crippen LogP contribution is 2.28. The molecule has 0 heterocycles. The van der Waals surface area contributed by atoms with Gasteiger partial charge in [0.1, 0.15) is 0 Å². The van der Waals surface area contributed by atoms with Crippen LogP contribution in [0.4, 0.5) is 0 Å². The number of nitrogens with zero attached hydrogens (tertiary/aromatic N) is 1. The molecule has 2 rings (SSSR count). The molecule has 2 heteroatoms. The SMILES string of the molecule is CN(C)CCC[C@H](CN)c1cccc2ccccc12. The average molecular weight is 256 g/mol. The molecule has 0 saturated carbocycles. The lowest BCUT2D eigenvalue weighted by molar-refractivity contribution is 0.385. The smallest absolute Gasteiger partial charge is 0.000801 e. The van der Waals surface area contributed by atoms with Gasteiger partial charge >= 0.3 is 0 Å². The van der Waals surface area contributed by atoms with Gasteiger partial charge in [-0.3, -0.25) is 0 Å². The van der Waals surface area contributed by atoms with Crippen LogP contribution in [-0.4, -0.2) is 32.1 Å². The molecule has 0 aliphatic carbocycles. The van der Waals surface area contributed by atoms with Crippen molar-refractivity contribution in [2.24, 2.45) is 5.73 Å². The molecule has 2 aromatic carbocycles. The van der Waals surface area contributed by atoms with Gasteiger partial charge in [0.15, 0.2) is 0 Å². The van der Waals surface area contributed by atoms with Crippen molar-refractivity contribution < 1.29 is 0 Å². The maximum atomic E-state index is 6.00. The number of rotatable bonds is 6. The molecular formula is C17H24N2. The molecule has 102 valence electrons. The molecule has 0 aliphatic heterocycles. The first-order valence-electron chi connectivity index (χ1n) is 7.05. The van der Waals surface area contributed by atoms with Crippen molar-refractivity contribution in [1.82, 2.24) is 4.90 Å². The van der Waals surface area contributed by atoms with Crippen LogP contribution >= 0.6 is 0 Å². The Balaban J connectivity index is 2.20. The van der Waals surface area contributed by atoms with Gasteiger partial charge in [0.25, 0.3) is 0 Å². The largest absolute Gasteiger partial charge is 0.330 e. The first-order valence-corrected chi connectivity index (χ1v) is 7.05. The molecule has 19 heavy (non-hydrogen) atoms. The summed E-state index contributed by atoms with van der Waals surface area (Å²) in [6.45, 7) is 1.85. The monoisotopic (exact) mass is 256 g/mol. The zero-order valence-electron chi connectivity index (χ0n) is 12.0. The zero-order valence-corrected chi connectivity index (χ0v) is 12.0. The topological polar surface area (TPSA) is 29.3 Å². The van der Waals surface area contributed by atoms with Crippen molar-refractivity contribution in [3.05, 3.63) is 48.0 Å². The van der Waals surface area contributed by atoms with Crippen LogP contribution in [0, 0.1) is 0 Å². The van der Waals surface area contributed by atoms with E-state index in [9.17, 15) is 0 Å². The number of hydrogen-bond acceptors (Lipinski definition) is 2. The Morgan fingerprint density at radius 3 is 2.53 bits per heavy atom. The molecule has 0 aromatic heterocycles. The fraction of sp³-hybridized carbons (Fsp3) is 0.412. The second kappa shape index (κ2) is 6.69. The predicted molar refractivity (Wildman–Crippen MR) is 83.5 cm³/mol. The molecule has 0 saturated heterocycles. The summed E-state index contributed by atoms with van der Waals surface area (Å²) in [4.78, 5) is 2.23. The normalized spacial score (nSPS) is 13.1. The first kappa shape index (κ1) is 14.0. The lowest BCUT2D eigenvalue weighted by atomic mass is 9.90. The van der Waals surface area contributed by atoms with Crippen molar-refractivity contribution in [2.45, 2.75) is 18.8 Å². The van der Waals surface area contributed by atoms with Crippen LogP contribution in [-0.2, 0) is 0 Å². The summed E-state index contributed by atoms with van der Waals surface area (Å²) < 4.78 is 0. The van der Waals surface area contributed by atoms with Crippen molar-refractivity contribution in [3.8, 4) is 0 Å². The van der Waals surface area contributed by atoms with E-state index in [0.29, 0.717) is 5.92 Å². The van der Waals surface area contributed by atoms with Crippen molar-refractivity contribution in [3.63, 3.8) is 0 Å². The van der Waals surface area contributed by atoms with Crippen molar-refractivity contribution in [2.75, 3.05) is 27.2 Å². The number of nitrogens with two attached hydrogens (primary N) is 1. The van der Waals surface area contributed by atoms with Crippen LogP contribution < -0.4 is 5.73 Å². The van der Waals surface area contributed by atoms with E-state index in [1.54, 1.807) is 0 Å². The summed E-state index contributed by atoms with van der Waals surface area (Å²) in [5, 5.41) is 2.66. The highest BCUT2D eigenvalue weighted by Gasteiger charge is 2.12. The molecular weight excluding hydrogens is 232 g/mol. The maximum absolute atomic E-state index is 6.00. The molecule has 2 N–H and O–H groups in total. The van der Waals surface area contributed by atoms with Crippen LogP contribution in [0.3, 0.4) is 0 Å². The lowest BCUT2D eigenvalue weighted by Crippen LogP contribution is -2.17. The fourth-order valence-electron chi connectivity index (χ4n) is 2.66. The Hall–Kier alpha value is -1.38. The van der Waals surface area contributed by atoms with Gasteiger partial charge in [-0.2, -0.15) is 0 Å². The van der Waals surface area contributed by atoms with E-state index in [0.717, 1.165) is 19.5 Å². The molecule has 0 spiro atoms. The summed E-state index contributed by atoms with van der Waals surface area (Å²) in [6, 6.07) is 15.1. The highest BCUT2D eigenvalue weighted by atomic mass is 15.0. The Kier molecular flexibility index (Phi) is 4.94. The van der Waals surface area contributed by atoms with Gasteiger partial charge in [-0.15, -0.1) is 0 Å². The van der Waals surface area contributed by atoms with Gasteiger partial charge in [-0.25, -0.2) is 0 Å². The van der Waals surface area contributed by atoms with Crippen LogP contribution in [0.5, 0.6) is 0 Å². The van der Waals surface area contributed by atoms with Gasteiger partial charge in [0.05, 0.1) is 0 Å². The second-order valence-corrected chi connectivity index (χ2v) is 5.45. The van der Waals surface area contributed by atoms with Gasteiger partial charge in [-0.05, 0) is 62.3 Å². The van der Waals surface area contributed by atoms with Crippen LogP contribution in [0.2, 0.25) is 0 Å². The van der Waals surface area contributed by atoms with E-state index < -0.39 is 0 Å². The van der Waals surface area contributed by atoms with Gasteiger partial charge in [-0.1, -0.05) is 42.5 Å². The number of hydrogen-bond donors (Lipinski definition) is 1. The molecule has 0 bridgehead atoms. The van der Waals surface area contributed by atoms with E-state index in [1.165, 1.54) is 22.8 Å². The summed E-state index contributed by atoms with van der Waals surface area (Å²) in [6.07, 6.45) is 2.35. The standard InChI is InChI=1S/C17H24N2/c1-19(2)12-6-9-15(13-18)17-11-5-8-14-7-3-4-10-16(14)17/h3-5,7-8,10-11,15H,6,9,12-13,18H2,1-2H3/t15-/m1/s1. The summed E-state index contributed by atoms with van der Waals surface area (Å²) >= 11 is 0. The van der Waals surface area contributed by atoms with E-state index >= 15 is 0 Å². The van der Waals surface area contributed by atoms with Crippen LogP contribution in [0.25, 0.3) is 10.8 Å².